The number of nitrogens with one attached hydrogen (secondary N) is 1. The molecule has 0 radical (unpaired) electrons. The molecule has 4 nitrogen and oxygen atoms in total. The number of thiol groups is 1. The zero-order valence-corrected chi connectivity index (χ0v) is 9.80. The van der Waals surface area contributed by atoms with Crippen LogP contribution in [0.4, 0.5) is 0 Å². The predicted molar refractivity (Wildman–Crippen MR) is 59.4 cm³/mol. The van der Waals surface area contributed by atoms with Crippen molar-refractivity contribution in [1.82, 2.24) is 10.2 Å². The molecule has 1 unspecified atom stereocenters. The molecular weight excluding hydrogens is 200 g/mol. The van der Waals surface area contributed by atoms with Crippen LogP contribution in [0.3, 0.4) is 0 Å². The molecule has 0 aliphatic heterocycles. The number of amides is 2. The van der Waals surface area contributed by atoms with Crippen LogP contribution < -0.4 is 5.32 Å². The fourth-order valence-electron chi connectivity index (χ4n) is 1.05. The lowest BCUT2D eigenvalue weighted by Crippen LogP contribution is -2.42. The summed E-state index contributed by atoms with van der Waals surface area (Å²) < 4.78 is 0. The van der Waals surface area contributed by atoms with E-state index in [0.717, 1.165) is 6.42 Å². The van der Waals surface area contributed by atoms with E-state index in [1.165, 1.54) is 4.90 Å². The summed E-state index contributed by atoms with van der Waals surface area (Å²) in [5, 5.41) is 2.13. The Kier molecular flexibility index (Phi) is 6.36. The average molecular weight is 218 g/mol. The summed E-state index contributed by atoms with van der Waals surface area (Å²) in [5.41, 5.74) is 0. The van der Waals surface area contributed by atoms with Crippen LogP contribution in [0.15, 0.2) is 0 Å². The molecule has 0 rings (SSSR count). The van der Waals surface area contributed by atoms with Gasteiger partial charge in [-0.2, -0.15) is 12.6 Å². The number of nitrogens with zero attached hydrogens (tertiary/aromatic N) is 1. The number of likely N-dealkylation sites (N-methyl/N-ethyl adjacent to an activating group) is 1. The number of rotatable bonds is 5. The van der Waals surface area contributed by atoms with Crippen LogP contribution in [0.1, 0.15) is 20.3 Å². The Labute approximate surface area is 90.4 Å². The molecule has 0 aliphatic carbocycles. The number of carbonyl (C=O) groups is 2. The third-order valence-electron chi connectivity index (χ3n) is 1.78. The molecule has 82 valence electrons. The van der Waals surface area contributed by atoms with E-state index in [2.05, 4.69) is 17.9 Å². The third kappa shape index (κ3) is 4.50. The van der Waals surface area contributed by atoms with Crippen molar-refractivity contribution < 1.29 is 9.59 Å². The lowest BCUT2D eigenvalue weighted by molar-refractivity contribution is -0.135. The van der Waals surface area contributed by atoms with Crippen molar-refractivity contribution in [2.75, 3.05) is 20.1 Å². The van der Waals surface area contributed by atoms with E-state index >= 15 is 0 Å². The fraction of sp³-hybridized carbons (Fsp3) is 0.778. The highest BCUT2D eigenvalue weighted by Gasteiger charge is 2.18. The highest BCUT2D eigenvalue weighted by molar-refractivity contribution is 7.81. The average Bonchev–Trinajstić information content (AvgIpc) is 2.15. The number of hydrogen-bond acceptors (Lipinski definition) is 3. The van der Waals surface area contributed by atoms with Gasteiger partial charge in [-0.25, -0.2) is 0 Å². The Morgan fingerprint density at radius 3 is 2.43 bits per heavy atom. The van der Waals surface area contributed by atoms with Crippen molar-refractivity contribution in [1.29, 1.82) is 0 Å². The van der Waals surface area contributed by atoms with Gasteiger partial charge in [-0.15, -0.1) is 0 Å². The largest absolute Gasteiger partial charge is 0.358 e. The zero-order chi connectivity index (χ0) is 11.1. The minimum atomic E-state index is -0.355. The van der Waals surface area contributed by atoms with E-state index in [0.29, 0.717) is 6.54 Å². The molecule has 14 heavy (non-hydrogen) atoms. The Hall–Kier alpha value is -0.710. The molecule has 0 fully saturated rings. The smallest absolute Gasteiger partial charge is 0.239 e. The molecule has 0 heterocycles. The van der Waals surface area contributed by atoms with Crippen molar-refractivity contribution in [3.8, 4) is 0 Å². The van der Waals surface area contributed by atoms with E-state index < -0.39 is 0 Å². The van der Waals surface area contributed by atoms with E-state index in [1.54, 1.807) is 14.0 Å². The monoisotopic (exact) mass is 218 g/mol. The summed E-state index contributed by atoms with van der Waals surface area (Å²) in [6, 6.07) is 0. The molecule has 1 N–H and O–H groups in total. The van der Waals surface area contributed by atoms with Gasteiger partial charge in [-0.05, 0) is 13.3 Å². The second kappa shape index (κ2) is 6.70. The van der Waals surface area contributed by atoms with Gasteiger partial charge in [-0.1, -0.05) is 6.92 Å². The van der Waals surface area contributed by atoms with Crippen molar-refractivity contribution in [2.45, 2.75) is 25.5 Å². The summed E-state index contributed by atoms with van der Waals surface area (Å²) in [4.78, 5) is 24.2. The molecular formula is C9H18N2O2S. The maximum atomic E-state index is 11.6. The summed E-state index contributed by atoms with van der Waals surface area (Å²) in [6.45, 7) is 4.39. The van der Waals surface area contributed by atoms with Crippen molar-refractivity contribution >= 4 is 24.4 Å². The van der Waals surface area contributed by atoms with Crippen molar-refractivity contribution in [2.24, 2.45) is 0 Å². The van der Waals surface area contributed by atoms with Gasteiger partial charge in [0.1, 0.15) is 0 Å². The Bertz CT molecular complexity index is 207. The molecule has 0 aliphatic rings. The summed E-state index contributed by atoms with van der Waals surface area (Å²) in [6.07, 6.45) is 0.837. The van der Waals surface area contributed by atoms with E-state index in [-0.39, 0.29) is 23.6 Å². The lowest BCUT2D eigenvalue weighted by Gasteiger charge is -2.22. The second-order valence-electron chi connectivity index (χ2n) is 3.11. The van der Waals surface area contributed by atoms with E-state index in [9.17, 15) is 9.59 Å². The van der Waals surface area contributed by atoms with Crippen LogP contribution >= 0.6 is 12.6 Å². The van der Waals surface area contributed by atoms with Crippen molar-refractivity contribution in [3.63, 3.8) is 0 Å². The molecule has 5 heteroatoms. The van der Waals surface area contributed by atoms with E-state index in [4.69, 9.17) is 0 Å². The molecule has 0 saturated heterocycles. The quantitative estimate of drug-likeness (QED) is 0.652. The predicted octanol–water partition coefficient (Wildman–Crippen LogP) is 0.289. The van der Waals surface area contributed by atoms with Crippen LogP contribution in [0, 0.1) is 0 Å². The SMILES string of the molecule is CCCN(CC(=O)NC)C(=O)C(C)S. The lowest BCUT2D eigenvalue weighted by atomic mass is 10.3. The van der Waals surface area contributed by atoms with Gasteiger partial charge in [0.2, 0.25) is 11.8 Å². The molecule has 0 aromatic carbocycles. The van der Waals surface area contributed by atoms with Crippen LogP contribution in [0.5, 0.6) is 0 Å². The Morgan fingerprint density at radius 2 is 2.07 bits per heavy atom. The third-order valence-corrected chi connectivity index (χ3v) is 2.00. The first-order chi connectivity index (χ1) is 6.52. The minimum absolute atomic E-state index is 0.0983. The van der Waals surface area contributed by atoms with Crippen LogP contribution in [0.25, 0.3) is 0 Å². The highest BCUT2D eigenvalue weighted by atomic mass is 32.1. The second-order valence-corrected chi connectivity index (χ2v) is 3.88. The van der Waals surface area contributed by atoms with Gasteiger partial charge in [0.15, 0.2) is 0 Å². The topological polar surface area (TPSA) is 49.4 Å². The van der Waals surface area contributed by atoms with Crippen LogP contribution in [-0.2, 0) is 9.59 Å². The van der Waals surface area contributed by atoms with Crippen LogP contribution in [-0.4, -0.2) is 42.1 Å². The number of hydrogen-bond donors (Lipinski definition) is 2. The first-order valence-corrected chi connectivity index (χ1v) is 5.22. The fourth-order valence-corrected chi connectivity index (χ4v) is 1.22. The molecule has 1 atom stereocenters. The van der Waals surface area contributed by atoms with E-state index in [1.807, 2.05) is 6.92 Å². The summed E-state index contributed by atoms with van der Waals surface area (Å²) >= 11 is 4.05. The Morgan fingerprint density at radius 1 is 1.50 bits per heavy atom. The first kappa shape index (κ1) is 13.3. The maximum Gasteiger partial charge on any atom is 0.239 e. The van der Waals surface area contributed by atoms with Gasteiger partial charge < -0.3 is 10.2 Å². The first-order valence-electron chi connectivity index (χ1n) is 4.70. The molecule has 2 amide bonds. The highest BCUT2D eigenvalue weighted by Crippen LogP contribution is 2.01. The molecule has 0 spiro atoms. The Balaban J connectivity index is 4.28. The zero-order valence-electron chi connectivity index (χ0n) is 8.91. The van der Waals surface area contributed by atoms with Gasteiger partial charge in [-0.3, -0.25) is 9.59 Å². The van der Waals surface area contributed by atoms with Gasteiger partial charge in [0, 0.05) is 13.6 Å². The summed E-state index contributed by atoms with van der Waals surface area (Å²) in [7, 11) is 1.56. The van der Waals surface area contributed by atoms with Gasteiger partial charge >= 0.3 is 0 Å². The van der Waals surface area contributed by atoms with Gasteiger partial charge in [0.25, 0.3) is 0 Å². The van der Waals surface area contributed by atoms with Crippen LogP contribution in [0.2, 0.25) is 0 Å². The van der Waals surface area contributed by atoms with Crippen molar-refractivity contribution in [3.05, 3.63) is 0 Å². The molecule has 0 aromatic heterocycles. The number of carbonyl (C=O) groups excluding carboxylic acids is 2. The molecule has 0 bridgehead atoms. The molecule has 0 aromatic rings. The maximum absolute atomic E-state index is 11.6. The normalized spacial score (nSPS) is 12.0. The molecule has 0 saturated carbocycles. The van der Waals surface area contributed by atoms with Gasteiger partial charge in [0.05, 0.1) is 11.8 Å². The standard InChI is InChI=1S/C9H18N2O2S/c1-4-5-11(6-8(12)10-3)9(13)7(2)14/h7,14H,4-6H2,1-3H3,(H,10,12). The summed E-state index contributed by atoms with van der Waals surface area (Å²) in [5.74, 6) is -0.250. The minimum Gasteiger partial charge on any atom is -0.358 e.